The van der Waals surface area contributed by atoms with Gasteiger partial charge in [-0.05, 0) is 124 Å². The second-order valence-electron chi connectivity index (χ2n) is 15.9. The molecule has 0 spiro atoms. The number of rotatable bonds is 10. The van der Waals surface area contributed by atoms with Gasteiger partial charge in [0.1, 0.15) is 29.0 Å². The van der Waals surface area contributed by atoms with Gasteiger partial charge in [0.2, 0.25) is 0 Å². The summed E-state index contributed by atoms with van der Waals surface area (Å²) >= 11 is 3.07. The molecule has 376 valence electrons. The average Bonchev–Trinajstić information content (AvgIpc) is 3.28. The third-order valence-electron chi connectivity index (χ3n) is 10.7. The number of hydrogen-bond donors (Lipinski definition) is 1. The van der Waals surface area contributed by atoms with E-state index in [0.29, 0.717) is 56.3 Å². The number of alkyl halides is 7. The number of nitrogens with zero attached hydrogens (tertiary/aromatic N) is 2. The molecule has 0 radical (unpaired) electrons. The number of ether oxygens (including phenoxy) is 3. The smallest absolute Gasteiger partial charge is 0.870 e. The zero-order valence-corrected chi connectivity index (χ0v) is 40.3. The summed E-state index contributed by atoms with van der Waals surface area (Å²) in [6, 6.07) is 22.4. The van der Waals surface area contributed by atoms with Crippen LogP contribution in [0.3, 0.4) is 0 Å². The fourth-order valence-electron chi connectivity index (χ4n) is 7.42. The molecule has 0 saturated heterocycles. The minimum absolute atomic E-state index is 0. The molecule has 70 heavy (non-hydrogen) atoms. The first-order chi connectivity index (χ1) is 32.4. The third-order valence-corrected chi connectivity index (χ3v) is 11.3. The van der Waals surface area contributed by atoms with Crippen LogP contribution in [0.2, 0.25) is 0 Å². The number of carbonyl (C=O) groups is 2. The van der Waals surface area contributed by atoms with Crippen molar-refractivity contribution in [3.05, 3.63) is 152 Å². The van der Waals surface area contributed by atoms with Crippen LogP contribution in [0.5, 0.6) is 11.5 Å². The number of esters is 1. The van der Waals surface area contributed by atoms with Crippen LogP contribution in [-0.4, -0.2) is 62.6 Å². The van der Waals surface area contributed by atoms with E-state index in [-0.39, 0.29) is 53.4 Å². The van der Waals surface area contributed by atoms with E-state index in [4.69, 9.17) is 11.2 Å². The molecular formula is C49H50BrF10LiN2O7. The number of fused-ring (bicyclic) bond motifs is 2. The number of methoxy groups -OCH3 is 1. The zero-order chi connectivity index (χ0) is 51.2. The minimum Gasteiger partial charge on any atom is -0.870 e. The van der Waals surface area contributed by atoms with Gasteiger partial charge in [-0.1, -0.05) is 56.3 Å². The number of carboxylic acid groups (broad SMARTS) is 1. The maximum Gasteiger partial charge on any atom is 1.00 e. The van der Waals surface area contributed by atoms with E-state index in [2.05, 4.69) is 25.4 Å². The van der Waals surface area contributed by atoms with Crippen molar-refractivity contribution in [2.24, 2.45) is 11.8 Å². The van der Waals surface area contributed by atoms with E-state index in [1.54, 1.807) is 35.8 Å². The molecule has 2 aliphatic rings. The van der Waals surface area contributed by atoms with Gasteiger partial charge < -0.3 is 34.6 Å². The van der Waals surface area contributed by atoms with Crippen molar-refractivity contribution in [1.29, 1.82) is 0 Å². The summed E-state index contributed by atoms with van der Waals surface area (Å²) in [7, 11) is 0.355. The molecule has 0 aromatic heterocycles. The van der Waals surface area contributed by atoms with Crippen LogP contribution in [0.4, 0.5) is 55.3 Å². The van der Waals surface area contributed by atoms with E-state index >= 15 is 0 Å². The van der Waals surface area contributed by atoms with Gasteiger partial charge in [-0.25, -0.2) is 13.2 Å². The quantitative estimate of drug-likeness (QED) is 0.0830. The Morgan fingerprint density at radius 2 is 1.10 bits per heavy atom. The Morgan fingerprint density at radius 3 is 1.47 bits per heavy atom. The summed E-state index contributed by atoms with van der Waals surface area (Å²) in [5.41, 5.74) is 7.11. The number of benzene rings is 5. The van der Waals surface area contributed by atoms with Crippen LogP contribution in [0.15, 0.2) is 95.5 Å². The molecule has 0 fully saturated rings. The Morgan fingerprint density at radius 1 is 0.686 bits per heavy atom. The van der Waals surface area contributed by atoms with Crippen molar-refractivity contribution in [2.75, 3.05) is 37.2 Å². The summed E-state index contributed by atoms with van der Waals surface area (Å²) in [5, 5.41) is 9.04. The molecule has 2 atom stereocenters. The molecule has 2 unspecified atom stereocenters. The Hall–Kier alpha value is -5.42. The van der Waals surface area contributed by atoms with Crippen LogP contribution < -0.4 is 38.1 Å². The first-order valence-corrected chi connectivity index (χ1v) is 21.6. The van der Waals surface area contributed by atoms with Gasteiger partial charge in [-0.15, -0.1) is 26.3 Å². The number of aliphatic carboxylic acids is 1. The summed E-state index contributed by atoms with van der Waals surface area (Å²) in [5.74, 6) is -4.24. The second kappa shape index (κ2) is 27.3. The monoisotopic (exact) mass is 1060 g/mol. The Kier molecular flexibility index (Phi) is 22.9. The Labute approximate surface area is 420 Å². The van der Waals surface area contributed by atoms with Crippen LogP contribution in [0.1, 0.15) is 54.2 Å². The third kappa shape index (κ3) is 18.4. The second-order valence-corrected chi connectivity index (χ2v) is 16.7. The van der Waals surface area contributed by atoms with Crippen molar-refractivity contribution >= 4 is 39.2 Å². The largest absolute Gasteiger partial charge is 1.00 e. The molecule has 5 aromatic carbocycles. The fourth-order valence-corrected chi connectivity index (χ4v) is 7.92. The molecule has 7 rings (SSSR count). The molecule has 2 heterocycles. The number of halogens is 11. The molecule has 21 heteroatoms. The SMILES string of the molecule is CC(Cc1ccc2c(c1)CCN(c1cc(OC(F)(F)F)ccc1F)C2)C(=O)O.COC(=O)C(C)Cc1ccc2c(c1)CCN(c1cc(OC(F)(F)F)ccc1F)C2.Cc1ccc(F)c(Br)c1.[2H]CF.[Li+].[OH-]. The molecule has 5 aromatic rings. The minimum atomic E-state index is -4.84. The number of carbonyl (C=O) groups excluding carboxylic acids is 1. The first kappa shape index (κ1) is 58.9. The van der Waals surface area contributed by atoms with E-state index in [1.807, 2.05) is 43.3 Å². The van der Waals surface area contributed by atoms with E-state index in [9.17, 15) is 53.5 Å². The zero-order valence-electron chi connectivity index (χ0n) is 39.7. The predicted octanol–water partition coefficient (Wildman–Crippen LogP) is 9.50. The molecular weight excluding hydrogens is 1010 g/mol. The summed E-state index contributed by atoms with van der Waals surface area (Å²) < 4.78 is 144. The van der Waals surface area contributed by atoms with E-state index in [1.165, 1.54) is 13.2 Å². The van der Waals surface area contributed by atoms with Gasteiger partial charge in [0.15, 0.2) is 0 Å². The van der Waals surface area contributed by atoms with Gasteiger partial charge in [0, 0.05) is 38.3 Å². The summed E-state index contributed by atoms with van der Waals surface area (Å²) in [4.78, 5) is 26.0. The van der Waals surface area contributed by atoms with Crippen molar-refractivity contribution in [3.8, 4) is 11.5 Å². The normalized spacial score (nSPS) is 13.7. The first-order valence-electron chi connectivity index (χ1n) is 21.5. The van der Waals surface area contributed by atoms with E-state index in [0.717, 1.165) is 75.3 Å². The number of aryl methyl sites for hydroxylation is 1. The van der Waals surface area contributed by atoms with Crippen molar-refractivity contribution in [3.63, 3.8) is 0 Å². The van der Waals surface area contributed by atoms with Gasteiger partial charge in [0.05, 0.1) is 43.3 Å². The molecule has 0 saturated carbocycles. The summed E-state index contributed by atoms with van der Waals surface area (Å²) in [6.07, 6.45) is -7.52. The van der Waals surface area contributed by atoms with Gasteiger partial charge in [-0.2, -0.15) is 0 Å². The molecule has 0 bridgehead atoms. The number of carboxylic acids is 1. The number of anilines is 2. The fraction of sp³-hybridized carbons (Fsp3) is 0.347. The number of hydrogen-bond acceptors (Lipinski definition) is 8. The van der Waals surface area contributed by atoms with Crippen molar-refractivity contribution in [2.45, 2.75) is 72.3 Å². The molecule has 2 aliphatic heterocycles. The molecule has 0 amide bonds. The Bertz CT molecular complexity index is 2540. The van der Waals surface area contributed by atoms with Gasteiger partial charge >= 0.3 is 43.5 Å². The van der Waals surface area contributed by atoms with Crippen molar-refractivity contribution in [1.82, 2.24) is 0 Å². The van der Waals surface area contributed by atoms with Crippen LogP contribution >= 0.6 is 15.9 Å². The van der Waals surface area contributed by atoms with E-state index < -0.39 is 54.9 Å². The standard InChI is InChI=1S/C21H21F4NO3.C20H19F4NO3.C7H6BrF.CH3F.Li.H2O/c1-13(20(27)28-2)9-14-3-4-16-12-26(8-7-15(16)10-14)19-11-17(5-6-18(19)22)29-21(23,24)25;1-12(19(26)27)8-13-2-3-15-11-25(7-6-14(15)9-13)18-10-16(4-5-17(18)21)28-20(22,23)24;1-5-2-3-7(9)6(8)4-5;1-2;;/h3-6,10-11,13H,7-9,12H2,1-2H3;2-5,9-10,12H,6-8,11H2,1H3,(H,26,27);2-4H,1H3;1H3;;1H2/q;;;;+1;/p-1/i;;;1D;;. The average molecular weight is 1060 g/mol. The maximum atomic E-state index is 14.3. The molecule has 9 nitrogen and oxygen atoms in total. The topological polar surface area (TPSA) is 119 Å². The van der Waals surface area contributed by atoms with Crippen molar-refractivity contribution < 1.29 is 98.5 Å². The molecule has 2 N–H and O–H groups in total. The predicted molar refractivity (Wildman–Crippen MR) is 242 cm³/mol. The molecule has 0 aliphatic carbocycles. The van der Waals surface area contributed by atoms with Gasteiger partial charge in [0.25, 0.3) is 0 Å². The maximum absolute atomic E-state index is 14.3. The summed E-state index contributed by atoms with van der Waals surface area (Å²) in [6.45, 7) is 6.95. The van der Waals surface area contributed by atoms with Crippen LogP contribution in [0, 0.1) is 36.2 Å². The van der Waals surface area contributed by atoms with Crippen LogP contribution in [-0.2, 0) is 53.1 Å². The van der Waals surface area contributed by atoms with Crippen LogP contribution in [0.25, 0.3) is 0 Å². The Balaban J connectivity index is 0.000000386. The van der Waals surface area contributed by atoms with Gasteiger partial charge in [-0.3, -0.25) is 14.0 Å².